The lowest BCUT2D eigenvalue weighted by Crippen LogP contribution is -2.40. The number of hydrogen-bond acceptors (Lipinski definition) is 5. The Morgan fingerprint density at radius 2 is 1.96 bits per heavy atom. The first-order valence-electron chi connectivity index (χ1n) is 6.83. The van der Waals surface area contributed by atoms with Crippen LogP contribution in [0.15, 0.2) is 52.0 Å². The lowest BCUT2D eigenvalue weighted by molar-refractivity contribution is -0.130. The van der Waals surface area contributed by atoms with Crippen LogP contribution in [0.1, 0.15) is 16.1 Å². The molecule has 2 heterocycles. The fourth-order valence-electron chi connectivity index (χ4n) is 2.36. The monoisotopic (exact) mass is 334 g/mol. The van der Waals surface area contributed by atoms with Gasteiger partial charge in [-0.1, -0.05) is 12.1 Å². The summed E-state index contributed by atoms with van der Waals surface area (Å²) in [6, 6.07) is 9.32. The zero-order valence-electron chi connectivity index (χ0n) is 12.3. The van der Waals surface area contributed by atoms with Crippen molar-refractivity contribution in [2.45, 2.75) is 11.4 Å². The van der Waals surface area contributed by atoms with E-state index in [4.69, 9.17) is 4.42 Å². The third kappa shape index (κ3) is 2.61. The molecule has 1 aromatic carbocycles. The number of carbonyl (C=O) groups excluding carboxylic acids is 2. The van der Waals surface area contributed by atoms with Crippen molar-refractivity contribution in [1.29, 1.82) is 0 Å². The smallest absolute Gasteiger partial charge is 0.269 e. The number of carbonyl (C=O) groups is 2. The Morgan fingerprint density at radius 1 is 1.22 bits per heavy atom. The summed E-state index contributed by atoms with van der Waals surface area (Å²) in [4.78, 5) is 25.7. The molecule has 0 fully saturated rings. The Kier molecular flexibility index (Phi) is 3.69. The minimum Gasteiger partial charge on any atom is -0.467 e. The van der Waals surface area contributed by atoms with Gasteiger partial charge in [0.05, 0.1) is 18.4 Å². The third-order valence-electron chi connectivity index (χ3n) is 3.59. The molecule has 1 aliphatic heterocycles. The number of furan rings is 1. The van der Waals surface area contributed by atoms with Crippen LogP contribution in [0.25, 0.3) is 0 Å². The predicted octanol–water partition coefficient (Wildman–Crippen LogP) is 1.08. The van der Waals surface area contributed by atoms with Gasteiger partial charge in [-0.05, 0) is 24.3 Å². The molecule has 0 aliphatic carbocycles. The van der Waals surface area contributed by atoms with E-state index in [9.17, 15) is 18.0 Å². The van der Waals surface area contributed by atoms with Crippen LogP contribution in [-0.2, 0) is 21.4 Å². The lowest BCUT2D eigenvalue weighted by atomic mass is 10.2. The van der Waals surface area contributed by atoms with Crippen LogP contribution in [0.4, 0.5) is 0 Å². The van der Waals surface area contributed by atoms with E-state index in [1.165, 1.54) is 36.4 Å². The van der Waals surface area contributed by atoms with Gasteiger partial charge in [0, 0.05) is 7.05 Å². The van der Waals surface area contributed by atoms with Gasteiger partial charge in [-0.2, -0.15) is 0 Å². The Balaban J connectivity index is 1.78. The van der Waals surface area contributed by atoms with Crippen molar-refractivity contribution >= 4 is 21.8 Å². The molecule has 8 heteroatoms. The predicted molar refractivity (Wildman–Crippen MR) is 79.8 cm³/mol. The minimum atomic E-state index is -3.97. The second-order valence-corrected chi connectivity index (χ2v) is 6.97. The van der Waals surface area contributed by atoms with Gasteiger partial charge in [0.2, 0.25) is 5.91 Å². The normalized spacial score (nSPS) is 15.5. The van der Waals surface area contributed by atoms with Crippen molar-refractivity contribution in [2.75, 3.05) is 13.6 Å². The molecule has 0 spiro atoms. The molecule has 0 atom stereocenters. The van der Waals surface area contributed by atoms with Crippen molar-refractivity contribution in [2.24, 2.45) is 0 Å². The zero-order valence-corrected chi connectivity index (χ0v) is 13.1. The molecular weight excluding hydrogens is 320 g/mol. The summed E-state index contributed by atoms with van der Waals surface area (Å²) >= 11 is 0. The molecule has 0 saturated heterocycles. The van der Waals surface area contributed by atoms with Crippen LogP contribution in [-0.4, -0.2) is 43.0 Å². The first-order valence-corrected chi connectivity index (χ1v) is 8.27. The van der Waals surface area contributed by atoms with Gasteiger partial charge in [0.1, 0.15) is 17.2 Å². The highest BCUT2D eigenvalue weighted by Gasteiger charge is 2.42. The Hall–Kier alpha value is -2.61. The maximum atomic E-state index is 12.4. The van der Waals surface area contributed by atoms with Gasteiger partial charge in [-0.3, -0.25) is 9.59 Å². The molecule has 2 aromatic rings. The van der Waals surface area contributed by atoms with Crippen LogP contribution >= 0.6 is 0 Å². The summed E-state index contributed by atoms with van der Waals surface area (Å²) in [5, 5.41) is 0. The Labute approximate surface area is 133 Å². The molecule has 0 N–H and O–H groups in total. The van der Waals surface area contributed by atoms with E-state index < -0.39 is 28.4 Å². The maximum Gasteiger partial charge on any atom is 0.269 e. The summed E-state index contributed by atoms with van der Waals surface area (Å²) in [7, 11) is -2.45. The zero-order chi connectivity index (χ0) is 16.6. The number of nitrogens with zero attached hydrogens (tertiary/aromatic N) is 2. The van der Waals surface area contributed by atoms with Crippen LogP contribution < -0.4 is 0 Å². The number of fused-ring (bicyclic) bond motifs is 1. The average molecular weight is 334 g/mol. The van der Waals surface area contributed by atoms with Crippen molar-refractivity contribution in [3.8, 4) is 0 Å². The molecular formula is C15H14N2O5S. The van der Waals surface area contributed by atoms with Crippen LogP contribution in [0, 0.1) is 0 Å². The summed E-state index contributed by atoms with van der Waals surface area (Å²) < 4.78 is 30.5. The molecule has 3 rings (SSSR count). The van der Waals surface area contributed by atoms with Crippen LogP contribution in [0.2, 0.25) is 0 Å². The molecule has 0 radical (unpaired) electrons. The van der Waals surface area contributed by atoms with E-state index >= 15 is 0 Å². The van der Waals surface area contributed by atoms with Crippen molar-refractivity contribution in [3.05, 3.63) is 54.0 Å². The third-order valence-corrected chi connectivity index (χ3v) is 5.38. The molecule has 0 unspecified atom stereocenters. The van der Waals surface area contributed by atoms with Gasteiger partial charge < -0.3 is 9.32 Å². The van der Waals surface area contributed by atoms with Crippen molar-refractivity contribution in [1.82, 2.24) is 9.21 Å². The van der Waals surface area contributed by atoms with Gasteiger partial charge in [-0.15, -0.1) is 0 Å². The fourth-order valence-corrected chi connectivity index (χ4v) is 3.87. The van der Waals surface area contributed by atoms with E-state index in [1.54, 1.807) is 18.2 Å². The second-order valence-electron chi connectivity index (χ2n) is 5.14. The number of likely N-dealkylation sites (N-methyl/N-ethyl adjacent to an activating group) is 1. The number of rotatable bonds is 4. The molecule has 0 bridgehead atoms. The van der Waals surface area contributed by atoms with E-state index in [-0.39, 0.29) is 17.0 Å². The molecule has 7 nitrogen and oxygen atoms in total. The Morgan fingerprint density at radius 3 is 2.61 bits per heavy atom. The summed E-state index contributed by atoms with van der Waals surface area (Å²) in [6.45, 7) is -0.339. The molecule has 120 valence electrons. The van der Waals surface area contributed by atoms with E-state index in [0.717, 1.165) is 0 Å². The van der Waals surface area contributed by atoms with E-state index in [1.807, 2.05) is 0 Å². The standard InChI is InChI=1S/C15H14N2O5S/c1-16(9-11-5-4-8-22-11)14(18)10-17-15(19)12-6-2-3-7-13(12)23(17,20)21/h2-8H,9-10H2,1H3. The van der Waals surface area contributed by atoms with E-state index in [0.29, 0.717) is 10.1 Å². The van der Waals surface area contributed by atoms with Crippen molar-refractivity contribution < 1.29 is 22.4 Å². The van der Waals surface area contributed by atoms with Gasteiger partial charge in [0.15, 0.2) is 0 Å². The molecule has 2 amide bonds. The van der Waals surface area contributed by atoms with Crippen LogP contribution in [0.3, 0.4) is 0 Å². The highest BCUT2D eigenvalue weighted by molar-refractivity contribution is 7.90. The SMILES string of the molecule is CN(Cc1ccco1)C(=O)CN1C(=O)c2ccccc2S1(=O)=O. The second kappa shape index (κ2) is 5.54. The van der Waals surface area contributed by atoms with Crippen molar-refractivity contribution in [3.63, 3.8) is 0 Å². The average Bonchev–Trinajstić information content (AvgIpc) is 3.09. The first kappa shape index (κ1) is 15.3. The highest BCUT2D eigenvalue weighted by atomic mass is 32.2. The van der Waals surface area contributed by atoms with Crippen LogP contribution in [0.5, 0.6) is 0 Å². The number of hydrogen-bond donors (Lipinski definition) is 0. The topological polar surface area (TPSA) is 87.9 Å². The number of sulfonamides is 1. The summed E-state index contributed by atoms with van der Waals surface area (Å²) in [6.07, 6.45) is 1.48. The van der Waals surface area contributed by atoms with Gasteiger partial charge >= 0.3 is 0 Å². The minimum absolute atomic E-state index is 0.0634. The lowest BCUT2D eigenvalue weighted by Gasteiger charge is -2.20. The molecule has 1 aromatic heterocycles. The largest absolute Gasteiger partial charge is 0.467 e. The Bertz CT molecular complexity index is 858. The van der Waals surface area contributed by atoms with Gasteiger partial charge in [-0.25, -0.2) is 12.7 Å². The van der Waals surface area contributed by atoms with E-state index in [2.05, 4.69) is 0 Å². The quantitative estimate of drug-likeness (QED) is 0.835. The molecule has 0 saturated carbocycles. The van der Waals surface area contributed by atoms with Gasteiger partial charge in [0.25, 0.3) is 15.9 Å². The molecule has 1 aliphatic rings. The fraction of sp³-hybridized carbons (Fsp3) is 0.200. The highest BCUT2D eigenvalue weighted by Crippen LogP contribution is 2.29. The first-order chi connectivity index (χ1) is 10.9. The molecule has 23 heavy (non-hydrogen) atoms. The summed E-state index contributed by atoms with van der Waals surface area (Å²) in [5.74, 6) is -0.605. The maximum absolute atomic E-state index is 12.4. The summed E-state index contributed by atoms with van der Waals surface area (Å²) in [5.41, 5.74) is 0.0917. The number of amides is 2. The number of benzene rings is 1.